The smallest absolute Gasteiger partial charge is 0.190 e. The molecule has 1 aromatic heterocycles. The Kier molecular flexibility index (Phi) is 9.81. The molecule has 23 heavy (non-hydrogen) atoms. The van der Waals surface area contributed by atoms with Gasteiger partial charge in [-0.15, -0.1) is 24.0 Å². The second kappa shape index (κ2) is 11.0. The normalized spacial score (nSPS) is 19.1. The van der Waals surface area contributed by atoms with Gasteiger partial charge in [0, 0.05) is 32.9 Å². The third-order valence-corrected chi connectivity index (χ3v) is 4.22. The zero-order chi connectivity index (χ0) is 15.8. The van der Waals surface area contributed by atoms with Gasteiger partial charge in [0.2, 0.25) is 0 Å². The monoisotopic (exact) mass is 451 g/mol. The van der Waals surface area contributed by atoms with Crippen LogP contribution in [0.15, 0.2) is 23.3 Å². The summed E-state index contributed by atoms with van der Waals surface area (Å²) < 4.78 is 0. The second-order valence-corrected chi connectivity index (χ2v) is 6.28. The van der Waals surface area contributed by atoms with E-state index in [1.54, 1.807) is 0 Å². The van der Waals surface area contributed by atoms with E-state index in [0.717, 1.165) is 25.5 Å². The van der Waals surface area contributed by atoms with Crippen LogP contribution in [0.1, 0.15) is 18.4 Å². The van der Waals surface area contributed by atoms with Crippen LogP contribution >= 0.6 is 35.6 Å². The van der Waals surface area contributed by atoms with Gasteiger partial charge in [-0.3, -0.25) is 4.99 Å². The molecule has 1 unspecified atom stereocenters. The summed E-state index contributed by atoms with van der Waals surface area (Å²) in [5.74, 6) is 1.58. The third kappa shape index (κ3) is 7.67. The second-order valence-electron chi connectivity index (χ2n) is 5.89. The van der Waals surface area contributed by atoms with Gasteiger partial charge in [-0.2, -0.15) is 0 Å². The molecule has 1 saturated heterocycles. The van der Waals surface area contributed by atoms with Gasteiger partial charge in [0.15, 0.2) is 5.96 Å². The number of aliphatic imine (C=N–C) groups is 1. The summed E-state index contributed by atoms with van der Waals surface area (Å²) >= 11 is 5.78. The van der Waals surface area contributed by atoms with Crippen molar-refractivity contribution in [2.75, 3.05) is 40.3 Å². The maximum atomic E-state index is 5.78. The van der Waals surface area contributed by atoms with Gasteiger partial charge < -0.3 is 15.5 Å². The largest absolute Gasteiger partial charge is 0.356 e. The minimum atomic E-state index is 0. The van der Waals surface area contributed by atoms with Crippen molar-refractivity contribution in [1.82, 2.24) is 20.5 Å². The summed E-state index contributed by atoms with van der Waals surface area (Å²) in [6.45, 7) is 4.19. The highest BCUT2D eigenvalue weighted by Crippen LogP contribution is 2.13. The molecule has 0 aromatic carbocycles. The Morgan fingerprint density at radius 1 is 1.43 bits per heavy atom. The highest BCUT2D eigenvalue weighted by Gasteiger charge is 2.17. The number of nitrogens with zero attached hydrogens (tertiary/aromatic N) is 3. The maximum Gasteiger partial charge on any atom is 0.190 e. The van der Waals surface area contributed by atoms with Crippen molar-refractivity contribution >= 4 is 41.5 Å². The maximum absolute atomic E-state index is 5.78. The first-order valence-electron chi connectivity index (χ1n) is 7.91. The van der Waals surface area contributed by atoms with Crippen LogP contribution in [0.3, 0.4) is 0 Å². The fraction of sp³-hybridized carbons (Fsp3) is 0.625. The molecule has 0 spiro atoms. The average Bonchev–Trinajstić information content (AvgIpc) is 2.52. The zero-order valence-corrected chi connectivity index (χ0v) is 17.0. The van der Waals surface area contributed by atoms with Gasteiger partial charge in [-0.05, 0) is 50.4 Å². The molecule has 1 fully saturated rings. The molecule has 2 N–H and O–H groups in total. The fourth-order valence-corrected chi connectivity index (χ4v) is 2.89. The molecule has 1 aliphatic heterocycles. The van der Waals surface area contributed by atoms with Crippen LogP contribution in [-0.4, -0.2) is 56.1 Å². The van der Waals surface area contributed by atoms with Crippen molar-refractivity contribution in [3.05, 3.63) is 29.0 Å². The van der Waals surface area contributed by atoms with E-state index >= 15 is 0 Å². The lowest BCUT2D eigenvalue weighted by molar-refractivity contribution is 0.210. The molecule has 0 aliphatic carbocycles. The van der Waals surface area contributed by atoms with Crippen LogP contribution in [0.5, 0.6) is 0 Å². The Hall–Kier alpha value is -0.600. The molecule has 0 bridgehead atoms. The van der Waals surface area contributed by atoms with E-state index in [0.29, 0.717) is 11.1 Å². The summed E-state index contributed by atoms with van der Waals surface area (Å²) in [6, 6.07) is 3.83. The lowest BCUT2D eigenvalue weighted by Crippen LogP contribution is -2.44. The van der Waals surface area contributed by atoms with E-state index in [-0.39, 0.29) is 24.0 Å². The highest BCUT2D eigenvalue weighted by molar-refractivity contribution is 14.0. The van der Waals surface area contributed by atoms with Crippen LogP contribution in [0.25, 0.3) is 0 Å². The van der Waals surface area contributed by atoms with Crippen molar-refractivity contribution in [3.8, 4) is 0 Å². The topological polar surface area (TPSA) is 52.6 Å². The molecule has 5 nitrogen and oxygen atoms in total. The molecule has 2 rings (SSSR count). The molecule has 130 valence electrons. The molecule has 1 atom stereocenters. The van der Waals surface area contributed by atoms with E-state index in [9.17, 15) is 0 Å². The molecular weight excluding hydrogens is 425 g/mol. The van der Waals surface area contributed by atoms with Crippen LogP contribution in [0.2, 0.25) is 5.15 Å². The number of hydrogen-bond acceptors (Lipinski definition) is 3. The molecule has 2 heterocycles. The SMILES string of the molecule is CN=C(NCCc1ccc(Cl)nc1)NCC1CCCN(C)C1.I. The van der Waals surface area contributed by atoms with Crippen LogP contribution < -0.4 is 10.6 Å². The Morgan fingerprint density at radius 2 is 2.26 bits per heavy atom. The minimum Gasteiger partial charge on any atom is -0.356 e. The van der Waals surface area contributed by atoms with Gasteiger partial charge in [0.1, 0.15) is 5.15 Å². The Labute approximate surface area is 161 Å². The minimum absolute atomic E-state index is 0. The molecule has 1 aliphatic rings. The standard InChI is InChI=1S/C16H26ClN5.HI/c1-18-16(21-11-14-4-3-9-22(2)12-14)19-8-7-13-5-6-15(17)20-10-13;/h5-6,10,14H,3-4,7-9,11-12H2,1-2H3,(H2,18,19,21);1H. The van der Waals surface area contributed by atoms with Gasteiger partial charge in [-0.25, -0.2) is 4.98 Å². The van der Waals surface area contributed by atoms with Gasteiger partial charge in [-0.1, -0.05) is 17.7 Å². The van der Waals surface area contributed by atoms with E-state index in [2.05, 4.69) is 32.6 Å². The number of hydrogen-bond donors (Lipinski definition) is 2. The highest BCUT2D eigenvalue weighted by atomic mass is 127. The first kappa shape index (κ1) is 20.4. The summed E-state index contributed by atoms with van der Waals surface area (Å²) in [5, 5.41) is 7.31. The quantitative estimate of drug-likeness (QED) is 0.312. The van der Waals surface area contributed by atoms with Crippen molar-refractivity contribution in [2.45, 2.75) is 19.3 Å². The number of rotatable bonds is 5. The van der Waals surface area contributed by atoms with E-state index in [1.165, 1.54) is 31.5 Å². The van der Waals surface area contributed by atoms with Crippen LogP contribution in [-0.2, 0) is 6.42 Å². The first-order chi connectivity index (χ1) is 10.7. The number of halogens is 2. The summed E-state index contributed by atoms with van der Waals surface area (Å²) in [7, 11) is 4.01. The Balaban J connectivity index is 0.00000264. The van der Waals surface area contributed by atoms with Gasteiger partial charge in [0.25, 0.3) is 0 Å². The third-order valence-electron chi connectivity index (χ3n) is 4.00. The number of likely N-dealkylation sites (tertiary alicyclic amines) is 1. The van der Waals surface area contributed by atoms with E-state index in [4.69, 9.17) is 11.6 Å². The molecule has 0 amide bonds. The average molecular weight is 452 g/mol. The summed E-state index contributed by atoms with van der Waals surface area (Å²) in [4.78, 5) is 10.8. The number of nitrogens with one attached hydrogen (secondary N) is 2. The zero-order valence-electron chi connectivity index (χ0n) is 13.9. The summed E-state index contributed by atoms with van der Waals surface area (Å²) in [5.41, 5.74) is 1.17. The van der Waals surface area contributed by atoms with Crippen molar-refractivity contribution < 1.29 is 0 Å². The lowest BCUT2D eigenvalue weighted by atomic mass is 9.99. The Morgan fingerprint density at radius 3 is 2.91 bits per heavy atom. The van der Waals surface area contributed by atoms with Crippen LogP contribution in [0.4, 0.5) is 0 Å². The van der Waals surface area contributed by atoms with Crippen molar-refractivity contribution in [1.29, 1.82) is 0 Å². The van der Waals surface area contributed by atoms with Gasteiger partial charge in [0.05, 0.1) is 0 Å². The Bertz CT molecular complexity index is 480. The number of pyridine rings is 1. The molecule has 1 aromatic rings. The van der Waals surface area contributed by atoms with Crippen molar-refractivity contribution in [3.63, 3.8) is 0 Å². The van der Waals surface area contributed by atoms with Crippen molar-refractivity contribution in [2.24, 2.45) is 10.9 Å². The molecular formula is C16H27ClIN5. The number of guanidine groups is 1. The molecule has 7 heteroatoms. The van der Waals surface area contributed by atoms with E-state index < -0.39 is 0 Å². The van der Waals surface area contributed by atoms with E-state index in [1.807, 2.05) is 25.4 Å². The number of aromatic nitrogens is 1. The summed E-state index contributed by atoms with van der Waals surface area (Å²) in [6.07, 6.45) is 5.30. The predicted molar refractivity (Wildman–Crippen MR) is 108 cm³/mol. The lowest BCUT2D eigenvalue weighted by Gasteiger charge is -2.30. The van der Waals surface area contributed by atoms with Gasteiger partial charge >= 0.3 is 0 Å². The molecule has 0 radical (unpaired) electrons. The van der Waals surface area contributed by atoms with Crippen LogP contribution in [0, 0.1) is 5.92 Å². The molecule has 0 saturated carbocycles. The number of piperidine rings is 1. The fourth-order valence-electron chi connectivity index (χ4n) is 2.78. The predicted octanol–water partition coefficient (Wildman–Crippen LogP) is 2.40. The first-order valence-corrected chi connectivity index (χ1v) is 8.28.